The molecule has 0 atom stereocenters. The maximum atomic E-state index is 16.8. The van der Waals surface area contributed by atoms with Crippen molar-refractivity contribution in [2.75, 3.05) is 71.4 Å². The molecule has 12 nitrogen and oxygen atoms in total. The van der Waals surface area contributed by atoms with Gasteiger partial charge in [-0.25, -0.2) is 13.8 Å². The summed E-state index contributed by atoms with van der Waals surface area (Å²) in [5, 5.41) is 8.44. The molecule has 1 N–H and O–H groups in total. The Kier molecular flexibility index (Phi) is 9.85. The van der Waals surface area contributed by atoms with E-state index in [0.717, 1.165) is 43.3 Å². The fourth-order valence-electron chi connectivity index (χ4n) is 7.45. The van der Waals surface area contributed by atoms with Crippen LogP contribution >= 0.6 is 0 Å². The smallest absolute Gasteiger partial charge is 0.270 e. The standard InChI is InChI=1S/C37H43F2N9O3/c1-4-24-22-44(2)11-7-27(24)29-19-28(25-6-5-10-47(23-25)33(49)8-12-48-13-9-41-43-48)34(39)35-30(29)20-31(42-35)37(50)46-16-14-45(15-17-46)36-32(51-3)18-26(38)21-40-36/h6,9,13,18-21,42H,4-5,7-8,10-12,14-17,22-23H2,1-3H3. The van der Waals surface area contributed by atoms with E-state index < -0.39 is 11.6 Å². The number of benzene rings is 1. The zero-order chi connectivity index (χ0) is 35.6. The Labute approximate surface area is 295 Å². The minimum atomic E-state index is -0.481. The van der Waals surface area contributed by atoms with E-state index in [4.69, 9.17) is 4.74 Å². The molecule has 1 saturated heterocycles. The van der Waals surface area contributed by atoms with Crippen LogP contribution in [0.4, 0.5) is 14.6 Å². The normalized spacial score (nSPS) is 17.4. The Morgan fingerprint density at radius 2 is 1.82 bits per heavy atom. The molecule has 1 fully saturated rings. The number of amides is 2. The van der Waals surface area contributed by atoms with Crippen LogP contribution in [0.5, 0.6) is 5.75 Å². The lowest BCUT2D eigenvalue weighted by Gasteiger charge is -2.35. The number of pyridine rings is 1. The molecule has 4 aromatic rings. The van der Waals surface area contributed by atoms with E-state index in [9.17, 15) is 14.0 Å². The number of aromatic nitrogens is 5. The summed E-state index contributed by atoms with van der Waals surface area (Å²) in [5.41, 5.74) is 5.22. The molecular formula is C37H43F2N9O3. The second-order valence-corrected chi connectivity index (χ2v) is 13.4. The summed E-state index contributed by atoms with van der Waals surface area (Å²) >= 11 is 0. The molecule has 6 heterocycles. The van der Waals surface area contributed by atoms with Gasteiger partial charge >= 0.3 is 0 Å². The van der Waals surface area contributed by atoms with Crippen molar-refractivity contribution in [2.45, 2.75) is 39.2 Å². The molecule has 1 aromatic carbocycles. The molecule has 0 radical (unpaired) electrons. The Morgan fingerprint density at radius 3 is 2.57 bits per heavy atom. The molecule has 7 rings (SSSR count). The average molecular weight is 700 g/mol. The van der Waals surface area contributed by atoms with Gasteiger partial charge in [0.1, 0.15) is 11.5 Å². The summed E-state index contributed by atoms with van der Waals surface area (Å²) in [6.07, 6.45) is 9.04. The Hall–Kier alpha value is -5.11. The SMILES string of the molecule is CCC1=C(c2cc(C3=CCCN(C(=O)CCn4ccnn4)C3)c(F)c3[nH]c(C(=O)N4CCN(c5ncc(F)cc5OC)CC4)cc23)CCN(C)C1. The number of carbonyl (C=O) groups is 2. The monoisotopic (exact) mass is 699 g/mol. The molecule has 0 spiro atoms. The molecule has 51 heavy (non-hydrogen) atoms. The quantitative estimate of drug-likeness (QED) is 0.270. The number of aromatic amines is 1. The summed E-state index contributed by atoms with van der Waals surface area (Å²) in [5.74, 6) is -0.281. The number of carbonyl (C=O) groups excluding carboxylic acids is 2. The van der Waals surface area contributed by atoms with Gasteiger partial charge in [0.05, 0.1) is 31.6 Å². The molecule has 3 aliphatic rings. The number of anilines is 1. The lowest BCUT2D eigenvalue weighted by molar-refractivity contribution is -0.131. The van der Waals surface area contributed by atoms with E-state index in [1.165, 1.54) is 24.3 Å². The predicted octanol–water partition coefficient (Wildman–Crippen LogP) is 4.61. The van der Waals surface area contributed by atoms with Crippen molar-refractivity contribution in [3.8, 4) is 5.75 Å². The van der Waals surface area contributed by atoms with Crippen LogP contribution in [0, 0.1) is 11.6 Å². The molecule has 0 bridgehead atoms. The van der Waals surface area contributed by atoms with Gasteiger partial charge in [0.15, 0.2) is 17.4 Å². The van der Waals surface area contributed by atoms with Crippen LogP contribution in [0.15, 0.2) is 48.4 Å². The van der Waals surface area contributed by atoms with E-state index in [-0.39, 0.29) is 18.2 Å². The second kappa shape index (κ2) is 14.6. The van der Waals surface area contributed by atoms with Crippen molar-refractivity contribution >= 4 is 39.7 Å². The van der Waals surface area contributed by atoms with Crippen LogP contribution in [0.3, 0.4) is 0 Å². The number of H-pyrrole nitrogens is 1. The fraction of sp³-hybridized carbons (Fsp3) is 0.432. The van der Waals surface area contributed by atoms with Gasteiger partial charge in [-0.15, -0.1) is 5.10 Å². The highest BCUT2D eigenvalue weighted by atomic mass is 19.1. The van der Waals surface area contributed by atoms with Gasteiger partial charge in [-0.05, 0) is 55.2 Å². The van der Waals surface area contributed by atoms with Crippen LogP contribution in [0.1, 0.15) is 54.2 Å². The third kappa shape index (κ3) is 6.96. The van der Waals surface area contributed by atoms with Gasteiger partial charge in [0, 0.05) is 82.0 Å². The first-order valence-corrected chi connectivity index (χ1v) is 17.5. The molecule has 2 amide bonds. The Balaban J connectivity index is 1.19. The third-order valence-electron chi connectivity index (χ3n) is 10.2. The number of methoxy groups -OCH3 is 1. The Bertz CT molecular complexity index is 2000. The number of rotatable bonds is 9. The molecule has 0 saturated carbocycles. The summed E-state index contributed by atoms with van der Waals surface area (Å²) in [7, 11) is 3.58. The van der Waals surface area contributed by atoms with Crippen molar-refractivity contribution in [2.24, 2.45) is 0 Å². The fourth-order valence-corrected chi connectivity index (χ4v) is 7.45. The highest BCUT2D eigenvalue weighted by molar-refractivity contribution is 6.03. The van der Waals surface area contributed by atoms with Crippen LogP contribution < -0.4 is 9.64 Å². The predicted molar refractivity (Wildman–Crippen MR) is 190 cm³/mol. The topological polar surface area (TPSA) is 116 Å². The number of likely N-dealkylation sites (N-methyl/N-ethyl adjacent to an activating group) is 1. The zero-order valence-electron chi connectivity index (χ0n) is 29.3. The summed E-state index contributed by atoms with van der Waals surface area (Å²) in [6, 6.07) is 5.03. The van der Waals surface area contributed by atoms with E-state index in [1.54, 1.807) is 32.9 Å². The first-order chi connectivity index (χ1) is 24.7. The van der Waals surface area contributed by atoms with Gasteiger partial charge in [-0.1, -0.05) is 23.8 Å². The minimum Gasteiger partial charge on any atom is -0.493 e. The number of ether oxygens (including phenoxy) is 1. The van der Waals surface area contributed by atoms with E-state index in [0.29, 0.717) is 86.0 Å². The van der Waals surface area contributed by atoms with Crippen LogP contribution in [-0.4, -0.2) is 118 Å². The molecule has 0 aliphatic carbocycles. The maximum Gasteiger partial charge on any atom is 0.270 e. The van der Waals surface area contributed by atoms with E-state index in [1.807, 2.05) is 17.0 Å². The van der Waals surface area contributed by atoms with Crippen molar-refractivity contribution in [3.63, 3.8) is 0 Å². The molecule has 3 aromatic heterocycles. The number of nitrogens with zero attached hydrogens (tertiary/aromatic N) is 8. The number of fused-ring (bicyclic) bond motifs is 1. The maximum absolute atomic E-state index is 16.8. The van der Waals surface area contributed by atoms with Gasteiger partial charge in [0.2, 0.25) is 5.91 Å². The molecule has 3 aliphatic heterocycles. The lowest BCUT2D eigenvalue weighted by Crippen LogP contribution is -2.49. The van der Waals surface area contributed by atoms with Crippen LogP contribution in [-0.2, 0) is 11.3 Å². The number of hydrogen-bond acceptors (Lipinski definition) is 8. The Morgan fingerprint density at radius 1 is 1.00 bits per heavy atom. The third-order valence-corrected chi connectivity index (χ3v) is 10.2. The highest BCUT2D eigenvalue weighted by Gasteiger charge is 2.30. The number of hydrogen-bond donors (Lipinski definition) is 1. The van der Waals surface area contributed by atoms with Gasteiger partial charge < -0.3 is 29.3 Å². The molecule has 268 valence electrons. The van der Waals surface area contributed by atoms with Crippen molar-refractivity contribution < 1.29 is 23.1 Å². The minimum absolute atomic E-state index is 0.0226. The van der Waals surface area contributed by atoms with Crippen LogP contribution in [0.25, 0.3) is 22.0 Å². The van der Waals surface area contributed by atoms with Crippen LogP contribution in [0.2, 0.25) is 0 Å². The number of aryl methyl sites for hydroxylation is 1. The van der Waals surface area contributed by atoms with Gasteiger partial charge in [-0.3, -0.25) is 14.3 Å². The second-order valence-electron chi connectivity index (χ2n) is 13.4. The largest absolute Gasteiger partial charge is 0.493 e. The summed E-state index contributed by atoms with van der Waals surface area (Å²) in [6.45, 7) is 6.89. The van der Waals surface area contributed by atoms with Crippen molar-refractivity contribution in [1.82, 2.24) is 39.7 Å². The first kappa shape index (κ1) is 34.3. The molecule has 0 unspecified atom stereocenters. The number of nitrogens with one attached hydrogen (secondary N) is 1. The highest BCUT2D eigenvalue weighted by Crippen LogP contribution is 2.39. The molecule has 14 heteroatoms. The number of halogens is 2. The van der Waals surface area contributed by atoms with Crippen molar-refractivity contribution in [3.05, 3.63) is 76.9 Å². The zero-order valence-corrected chi connectivity index (χ0v) is 29.3. The summed E-state index contributed by atoms with van der Waals surface area (Å²) in [4.78, 5) is 42.4. The lowest BCUT2D eigenvalue weighted by atomic mass is 9.87. The van der Waals surface area contributed by atoms with E-state index in [2.05, 4.69) is 39.2 Å². The summed E-state index contributed by atoms with van der Waals surface area (Å²) < 4.78 is 37.5. The molecular weight excluding hydrogens is 656 g/mol. The van der Waals surface area contributed by atoms with E-state index >= 15 is 4.39 Å². The first-order valence-electron chi connectivity index (χ1n) is 17.5. The van der Waals surface area contributed by atoms with Gasteiger partial charge in [-0.2, -0.15) is 0 Å². The average Bonchev–Trinajstić information content (AvgIpc) is 3.85. The van der Waals surface area contributed by atoms with Gasteiger partial charge in [0.25, 0.3) is 5.91 Å². The number of piperazine rings is 1. The van der Waals surface area contributed by atoms with Crippen molar-refractivity contribution in [1.29, 1.82) is 0 Å².